The second kappa shape index (κ2) is 6.50. The fourth-order valence-corrected chi connectivity index (χ4v) is 3.45. The highest BCUT2D eigenvalue weighted by molar-refractivity contribution is 7.09. The molecule has 1 N–H and O–H groups in total. The molecule has 0 amide bonds. The van der Waals surface area contributed by atoms with Gasteiger partial charge in [-0.25, -0.2) is 4.98 Å². The molecule has 1 fully saturated rings. The number of hydrogen-bond acceptors (Lipinski definition) is 3. The first-order valence-electron chi connectivity index (χ1n) is 6.92. The van der Waals surface area contributed by atoms with Crippen LogP contribution < -0.4 is 5.32 Å². The minimum Gasteiger partial charge on any atom is -0.308 e. The summed E-state index contributed by atoms with van der Waals surface area (Å²) in [5, 5.41) is 7.02. The quantitative estimate of drug-likeness (QED) is 0.856. The highest BCUT2D eigenvalue weighted by Crippen LogP contribution is 2.28. The molecule has 1 aliphatic rings. The molecule has 0 spiro atoms. The SMILES string of the molecule is CCC(NCC1CCC(C)CC1)c1nccs1. The summed E-state index contributed by atoms with van der Waals surface area (Å²) in [4.78, 5) is 4.42. The van der Waals surface area contributed by atoms with Gasteiger partial charge in [-0.05, 0) is 37.6 Å². The molecule has 1 heterocycles. The lowest BCUT2D eigenvalue weighted by atomic mass is 9.83. The highest BCUT2D eigenvalue weighted by atomic mass is 32.1. The van der Waals surface area contributed by atoms with Crippen LogP contribution in [0.5, 0.6) is 0 Å². The van der Waals surface area contributed by atoms with Crippen molar-refractivity contribution in [3.63, 3.8) is 0 Å². The van der Waals surface area contributed by atoms with Crippen LogP contribution in [0.15, 0.2) is 11.6 Å². The zero-order valence-corrected chi connectivity index (χ0v) is 11.8. The van der Waals surface area contributed by atoms with E-state index in [0.717, 1.165) is 18.3 Å². The van der Waals surface area contributed by atoms with Crippen LogP contribution in [0.2, 0.25) is 0 Å². The molecule has 0 saturated heterocycles. The normalized spacial score (nSPS) is 26.9. The van der Waals surface area contributed by atoms with Crippen LogP contribution in [0.4, 0.5) is 0 Å². The van der Waals surface area contributed by atoms with Crippen molar-refractivity contribution in [3.8, 4) is 0 Å². The molecule has 0 aromatic carbocycles. The van der Waals surface area contributed by atoms with E-state index >= 15 is 0 Å². The molecule has 1 aromatic heterocycles. The minimum atomic E-state index is 0.467. The lowest BCUT2D eigenvalue weighted by molar-refractivity contribution is 0.273. The van der Waals surface area contributed by atoms with E-state index in [-0.39, 0.29) is 0 Å². The van der Waals surface area contributed by atoms with Crippen molar-refractivity contribution >= 4 is 11.3 Å². The largest absolute Gasteiger partial charge is 0.308 e. The first kappa shape index (κ1) is 13.0. The summed E-state index contributed by atoms with van der Waals surface area (Å²) < 4.78 is 0. The number of thiazole rings is 1. The van der Waals surface area contributed by atoms with Crippen LogP contribution in [0.25, 0.3) is 0 Å². The Hall–Kier alpha value is -0.410. The van der Waals surface area contributed by atoms with Crippen LogP contribution in [-0.2, 0) is 0 Å². The molecule has 0 radical (unpaired) electrons. The first-order chi connectivity index (χ1) is 8.29. The van der Waals surface area contributed by atoms with Crippen LogP contribution in [-0.4, -0.2) is 11.5 Å². The summed E-state index contributed by atoms with van der Waals surface area (Å²) in [5.41, 5.74) is 0. The maximum atomic E-state index is 4.42. The van der Waals surface area contributed by atoms with E-state index < -0.39 is 0 Å². The Kier molecular flexibility index (Phi) is 4.99. The maximum Gasteiger partial charge on any atom is 0.109 e. The van der Waals surface area contributed by atoms with E-state index in [9.17, 15) is 0 Å². The van der Waals surface area contributed by atoms with E-state index in [1.807, 2.05) is 6.20 Å². The first-order valence-corrected chi connectivity index (χ1v) is 7.80. The monoisotopic (exact) mass is 252 g/mol. The van der Waals surface area contributed by atoms with Crippen molar-refractivity contribution in [2.45, 2.75) is 52.0 Å². The second-order valence-corrected chi connectivity index (χ2v) is 6.29. The standard InChI is InChI=1S/C14H24N2S/c1-3-13(14-15-8-9-17-14)16-10-12-6-4-11(2)5-7-12/h8-9,11-13,16H,3-7,10H2,1-2H3. The maximum absolute atomic E-state index is 4.42. The lowest BCUT2D eigenvalue weighted by Gasteiger charge is -2.27. The minimum absolute atomic E-state index is 0.467. The zero-order chi connectivity index (χ0) is 12.1. The summed E-state index contributed by atoms with van der Waals surface area (Å²) in [6.45, 7) is 5.79. The zero-order valence-electron chi connectivity index (χ0n) is 11.0. The van der Waals surface area contributed by atoms with Gasteiger partial charge >= 0.3 is 0 Å². The summed E-state index contributed by atoms with van der Waals surface area (Å²) in [6.07, 6.45) is 8.69. The summed E-state index contributed by atoms with van der Waals surface area (Å²) in [7, 11) is 0. The van der Waals surface area contributed by atoms with Crippen LogP contribution >= 0.6 is 11.3 Å². The van der Waals surface area contributed by atoms with E-state index in [4.69, 9.17) is 0 Å². The fraction of sp³-hybridized carbons (Fsp3) is 0.786. The Bertz CT molecular complexity index is 302. The third-order valence-electron chi connectivity index (χ3n) is 3.95. The van der Waals surface area contributed by atoms with Crippen molar-refractivity contribution < 1.29 is 0 Å². The molecule has 1 aliphatic carbocycles. The molecule has 1 atom stereocenters. The molecular weight excluding hydrogens is 228 g/mol. The molecule has 1 saturated carbocycles. The molecule has 0 aliphatic heterocycles. The van der Waals surface area contributed by atoms with Gasteiger partial charge in [0.05, 0.1) is 6.04 Å². The van der Waals surface area contributed by atoms with Gasteiger partial charge in [0.25, 0.3) is 0 Å². The fourth-order valence-electron chi connectivity index (χ4n) is 2.66. The van der Waals surface area contributed by atoms with E-state index in [2.05, 4.69) is 29.5 Å². The topological polar surface area (TPSA) is 24.9 Å². The highest BCUT2D eigenvalue weighted by Gasteiger charge is 2.19. The third kappa shape index (κ3) is 3.78. The van der Waals surface area contributed by atoms with Crippen molar-refractivity contribution in [3.05, 3.63) is 16.6 Å². The van der Waals surface area contributed by atoms with Crippen LogP contribution in [0, 0.1) is 11.8 Å². The Labute approximate surface area is 109 Å². The number of rotatable bonds is 5. The number of hydrogen-bond donors (Lipinski definition) is 1. The Balaban J connectivity index is 1.76. The number of aromatic nitrogens is 1. The van der Waals surface area contributed by atoms with Gasteiger partial charge in [-0.2, -0.15) is 0 Å². The van der Waals surface area contributed by atoms with Gasteiger partial charge in [-0.15, -0.1) is 11.3 Å². The van der Waals surface area contributed by atoms with Crippen LogP contribution in [0.3, 0.4) is 0 Å². The molecule has 2 rings (SSSR count). The smallest absolute Gasteiger partial charge is 0.109 e. The molecule has 3 heteroatoms. The van der Waals surface area contributed by atoms with E-state index in [1.54, 1.807) is 11.3 Å². The predicted octanol–water partition coefficient (Wildman–Crippen LogP) is 4.01. The average Bonchev–Trinajstić information content (AvgIpc) is 2.86. The van der Waals surface area contributed by atoms with E-state index in [0.29, 0.717) is 6.04 Å². The number of nitrogens with one attached hydrogen (secondary N) is 1. The van der Waals surface area contributed by atoms with Gasteiger partial charge in [0.2, 0.25) is 0 Å². The third-order valence-corrected chi connectivity index (χ3v) is 4.84. The molecule has 2 nitrogen and oxygen atoms in total. The molecule has 17 heavy (non-hydrogen) atoms. The summed E-state index contributed by atoms with van der Waals surface area (Å²) in [6, 6.07) is 0.467. The summed E-state index contributed by atoms with van der Waals surface area (Å²) >= 11 is 1.77. The molecule has 0 bridgehead atoms. The van der Waals surface area contributed by atoms with Crippen molar-refractivity contribution in [1.82, 2.24) is 10.3 Å². The van der Waals surface area contributed by atoms with Gasteiger partial charge in [0.1, 0.15) is 5.01 Å². The van der Waals surface area contributed by atoms with Gasteiger partial charge in [0, 0.05) is 11.6 Å². The predicted molar refractivity (Wildman–Crippen MR) is 74.3 cm³/mol. The van der Waals surface area contributed by atoms with Gasteiger partial charge < -0.3 is 5.32 Å². The van der Waals surface area contributed by atoms with Gasteiger partial charge in [0.15, 0.2) is 0 Å². The van der Waals surface area contributed by atoms with E-state index in [1.165, 1.54) is 37.2 Å². The molecular formula is C14H24N2S. The Morgan fingerprint density at radius 2 is 2.18 bits per heavy atom. The van der Waals surface area contributed by atoms with Gasteiger partial charge in [-0.1, -0.05) is 26.7 Å². The average molecular weight is 252 g/mol. The van der Waals surface area contributed by atoms with Crippen molar-refractivity contribution in [2.75, 3.05) is 6.54 Å². The van der Waals surface area contributed by atoms with Crippen molar-refractivity contribution in [1.29, 1.82) is 0 Å². The Morgan fingerprint density at radius 3 is 2.76 bits per heavy atom. The van der Waals surface area contributed by atoms with Gasteiger partial charge in [-0.3, -0.25) is 0 Å². The lowest BCUT2D eigenvalue weighted by Crippen LogP contribution is -2.29. The summed E-state index contributed by atoms with van der Waals surface area (Å²) in [5.74, 6) is 1.84. The Morgan fingerprint density at radius 1 is 1.41 bits per heavy atom. The number of nitrogens with zero attached hydrogens (tertiary/aromatic N) is 1. The molecule has 1 unspecified atom stereocenters. The molecule has 96 valence electrons. The second-order valence-electron chi connectivity index (χ2n) is 5.37. The van der Waals surface area contributed by atoms with Crippen LogP contribution in [0.1, 0.15) is 57.0 Å². The van der Waals surface area contributed by atoms with Crippen molar-refractivity contribution in [2.24, 2.45) is 11.8 Å². The molecule has 1 aromatic rings.